The zero-order valence-electron chi connectivity index (χ0n) is 53.1. The first-order valence-electron chi connectivity index (χ1n) is 33.0. The Bertz CT molecular complexity index is 5390. The van der Waals surface area contributed by atoms with Crippen molar-refractivity contribution in [1.29, 1.82) is 0 Å². The number of fused-ring (bicyclic) bond motifs is 6. The van der Waals surface area contributed by atoms with Crippen molar-refractivity contribution in [3.8, 4) is 135 Å². The van der Waals surface area contributed by atoms with Gasteiger partial charge in [-0.2, -0.15) is 0 Å². The molecule has 0 aliphatic rings. The second-order valence-electron chi connectivity index (χ2n) is 24.6. The van der Waals surface area contributed by atoms with Crippen LogP contribution in [0.5, 0.6) is 0 Å². The quantitative estimate of drug-likeness (QED) is 0.114. The molecule has 8 nitrogen and oxygen atoms in total. The van der Waals surface area contributed by atoms with Crippen molar-refractivity contribution in [2.45, 2.75) is 0 Å². The second-order valence-corrected chi connectivity index (χ2v) is 24.6. The fourth-order valence-corrected chi connectivity index (χ4v) is 13.8. The molecule has 18 rings (SSSR count). The van der Waals surface area contributed by atoms with Gasteiger partial charge in [0.15, 0.2) is 5.82 Å². The highest BCUT2D eigenvalue weighted by molar-refractivity contribution is 6.13. The molecule has 7 aromatic heterocycles. The first-order chi connectivity index (χ1) is 48.5. The molecule has 0 bridgehead atoms. The normalized spacial score (nSPS) is 11.5. The van der Waals surface area contributed by atoms with Crippen LogP contribution in [-0.2, 0) is 0 Å². The molecule has 0 spiro atoms. The Hall–Kier alpha value is -13.3. The maximum Gasteiger partial charge on any atom is 0.160 e. The van der Waals surface area contributed by atoms with E-state index in [1.54, 1.807) is 0 Å². The summed E-state index contributed by atoms with van der Waals surface area (Å²) >= 11 is 0. The number of hydrogen-bond acceptors (Lipinski definition) is 6. The summed E-state index contributed by atoms with van der Waals surface area (Å²) in [6.07, 6.45) is 0. The van der Waals surface area contributed by atoms with Crippen LogP contribution in [0.1, 0.15) is 0 Å². The average Bonchev–Trinajstić information content (AvgIpc) is 1.57. The van der Waals surface area contributed by atoms with E-state index < -0.39 is 0 Å². The van der Waals surface area contributed by atoms with E-state index in [4.69, 9.17) is 29.9 Å². The summed E-state index contributed by atoms with van der Waals surface area (Å²) in [4.78, 5) is 32.3. The molecule has 8 heteroatoms. The van der Waals surface area contributed by atoms with Gasteiger partial charge in [0.1, 0.15) is 0 Å². The lowest BCUT2D eigenvalue weighted by molar-refractivity contribution is 1.12. The maximum atomic E-state index is 5.53. The number of rotatable bonds is 13. The van der Waals surface area contributed by atoms with Crippen LogP contribution in [0.3, 0.4) is 0 Å². The van der Waals surface area contributed by atoms with E-state index in [9.17, 15) is 0 Å². The molecule has 0 aliphatic carbocycles. The van der Waals surface area contributed by atoms with Crippen molar-refractivity contribution in [3.05, 3.63) is 352 Å². The van der Waals surface area contributed by atoms with Gasteiger partial charge in [0.2, 0.25) is 0 Å². The molecule has 0 saturated carbocycles. The fourth-order valence-electron chi connectivity index (χ4n) is 13.8. The summed E-state index contributed by atoms with van der Waals surface area (Å²) in [6.45, 7) is 0. The van der Waals surface area contributed by atoms with Crippen LogP contribution < -0.4 is 0 Å². The molecule has 18 aromatic rings. The predicted octanol–water partition coefficient (Wildman–Crippen LogP) is 22.6. The zero-order valence-corrected chi connectivity index (χ0v) is 53.1. The van der Waals surface area contributed by atoms with Gasteiger partial charge in [-0.3, -0.25) is 0 Å². The first kappa shape index (κ1) is 57.4. The van der Waals surface area contributed by atoms with Gasteiger partial charge < -0.3 is 9.13 Å². The van der Waals surface area contributed by atoms with Gasteiger partial charge in [-0.05, 0) is 121 Å². The minimum Gasteiger partial charge on any atom is -0.309 e. The third-order valence-corrected chi connectivity index (χ3v) is 18.5. The lowest BCUT2D eigenvalue weighted by Gasteiger charge is -2.16. The van der Waals surface area contributed by atoms with Crippen LogP contribution in [0.25, 0.3) is 179 Å². The molecule has 0 aliphatic heterocycles. The smallest absolute Gasteiger partial charge is 0.160 e. The molecular formula is C90H58N8. The topological polar surface area (TPSA) is 87.2 Å². The molecule has 0 amide bonds. The summed E-state index contributed by atoms with van der Waals surface area (Å²) in [6, 6.07) is 124. The lowest BCUT2D eigenvalue weighted by atomic mass is 10.0. The van der Waals surface area contributed by atoms with E-state index in [0.29, 0.717) is 5.82 Å². The predicted molar refractivity (Wildman–Crippen MR) is 402 cm³/mol. The largest absolute Gasteiger partial charge is 0.309 e. The SMILES string of the molecule is c1ccc(-c2cccc(-c3ccc4c(c3)c3cc(-c5cccc(-c6ccccc6)n5)ccc3n4-c3cc(-c4nc(-c5ccccc5)cc(-c5ccccc5)n4)cc(-n4c5ccc(-c6cccc(-c7ccccc7)n6)cc5c5cc(-c6cccc(-c7ccccc7)n6)ccc54)c3)n2)cc1. The van der Waals surface area contributed by atoms with Crippen molar-refractivity contribution >= 4 is 43.6 Å². The molecule has 11 aromatic carbocycles. The van der Waals surface area contributed by atoms with Gasteiger partial charge in [0.05, 0.1) is 79.0 Å². The molecule has 458 valence electrons. The third kappa shape index (κ3) is 10.7. The van der Waals surface area contributed by atoms with E-state index >= 15 is 0 Å². The van der Waals surface area contributed by atoms with Gasteiger partial charge >= 0.3 is 0 Å². The Morgan fingerprint density at radius 2 is 0.388 bits per heavy atom. The molecule has 0 atom stereocenters. The Morgan fingerprint density at radius 1 is 0.153 bits per heavy atom. The van der Waals surface area contributed by atoms with Gasteiger partial charge in [0, 0.05) is 94.1 Å². The Balaban J connectivity index is 0.896. The Labute approximate surface area is 566 Å². The number of hydrogen-bond donors (Lipinski definition) is 0. The van der Waals surface area contributed by atoms with Crippen LogP contribution >= 0.6 is 0 Å². The van der Waals surface area contributed by atoms with E-state index in [-0.39, 0.29) is 0 Å². The van der Waals surface area contributed by atoms with E-state index in [0.717, 1.165) is 173 Å². The van der Waals surface area contributed by atoms with Crippen LogP contribution in [0, 0.1) is 0 Å². The standard InChI is InChI=1S/C90H58N8/c1-7-23-59(24-8-1)76-35-19-39-80(91-76)65-43-47-86-72(53-65)73-54-66(81-40-20-36-77(92-81)60-25-9-2-10-26-60)44-48-87(73)97(86)70-51-69(90-95-84(63-31-15-5-16-32-63)58-85(96-90)64-33-17-6-18-34-64)52-71(57-70)98-88-49-45-67(82-41-21-37-78(93-82)61-27-11-3-12-28-61)55-74(88)75-56-68(46-50-89(75)98)83-42-22-38-79(94-83)62-29-13-4-14-30-62/h1-58H. The minimum atomic E-state index is 0.589. The first-order valence-corrected chi connectivity index (χ1v) is 33.0. The highest BCUT2D eigenvalue weighted by Crippen LogP contribution is 2.43. The van der Waals surface area contributed by atoms with Crippen molar-refractivity contribution in [2.24, 2.45) is 0 Å². The highest BCUT2D eigenvalue weighted by Gasteiger charge is 2.23. The molecule has 0 unspecified atom stereocenters. The Morgan fingerprint density at radius 3 is 0.643 bits per heavy atom. The van der Waals surface area contributed by atoms with Crippen LogP contribution in [0.2, 0.25) is 0 Å². The lowest BCUT2D eigenvalue weighted by Crippen LogP contribution is -2.02. The summed E-state index contributed by atoms with van der Waals surface area (Å²) < 4.78 is 4.82. The average molecular weight is 1250 g/mol. The number of nitrogens with zero attached hydrogens (tertiary/aromatic N) is 8. The molecule has 7 heterocycles. The molecule has 98 heavy (non-hydrogen) atoms. The molecular weight excluding hydrogens is 1190 g/mol. The number of benzene rings is 11. The summed E-state index contributed by atoms with van der Waals surface area (Å²) in [5.41, 5.74) is 25.8. The van der Waals surface area contributed by atoms with Crippen LogP contribution in [-0.4, -0.2) is 39.0 Å². The van der Waals surface area contributed by atoms with E-state index in [1.165, 1.54) is 0 Å². The second kappa shape index (κ2) is 24.6. The number of pyridine rings is 4. The summed E-state index contributed by atoms with van der Waals surface area (Å²) in [7, 11) is 0. The fraction of sp³-hybridized carbons (Fsp3) is 0. The van der Waals surface area contributed by atoms with Crippen molar-refractivity contribution in [1.82, 2.24) is 39.0 Å². The third-order valence-electron chi connectivity index (χ3n) is 18.5. The zero-order chi connectivity index (χ0) is 64.9. The van der Waals surface area contributed by atoms with Crippen molar-refractivity contribution in [2.75, 3.05) is 0 Å². The van der Waals surface area contributed by atoms with Gasteiger partial charge in [-0.25, -0.2) is 29.9 Å². The van der Waals surface area contributed by atoms with E-state index in [1.807, 2.05) is 36.4 Å². The highest BCUT2D eigenvalue weighted by atomic mass is 15.0. The van der Waals surface area contributed by atoms with E-state index in [2.05, 4.69) is 325 Å². The molecule has 0 fully saturated rings. The van der Waals surface area contributed by atoms with Crippen LogP contribution in [0.4, 0.5) is 0 Å². The van der Waals surface area contributed by atoms with Gasteiger partial charge in [0.25, 0.3) is 0 Å². The maximum absolute atomic E-state index is 5.53. The van der Waals surface area contributed by atoms with Gasteiger partial charge in [-0.1, -0.05) is 231 Å². The summed E-state index contributed by atoms with van der Waals surface area (Å²) in [5, 5.41) is 4.27. The number of aromatic nitrogens is 8. The molecule has 0 radical (unpaired) electrons. The van der Waals surface area contributed by atoms with Gasteiger partial charge in [-0.15, -0.1) is 0 Å². The molecule has 0 N–H and O–H groups in total. The Kier molecular flexibility index (Phi) is 14.4. The van der Waals surface area contributed by atoms with Crippen molar-refractivity contribution < 1.29 is 0 Å². The van der Waals surface area contributed by atoms with Crippen molar-refractivity contribution in [3.63, 3.8) is 0 Å². The monoisotopic (exact) mass is 1250 g/mol. The molecule has 0 saturated heterocycles. The summed E-state index contributed by atoms with van der Waals surface area (Å²) in [5.74, 6) is 0.589. The van der Waals surface area contributed by atoms with Crippen LogP contribution in [0.15, 0.2) is 352 Å². The minimum absolute atomic E-state index is 0.589.